The highest BCUT2D eigenvalue weighted by atomic mass is 32.2. The van der Waals surface area contributed by atoms with Gasteiger partial charge in [-0.05, 0) is 19.3 Å². The fourth-order valence-corrected chi connectivity index (χ4v) is 1.29. The molecule has 0 aromatic rings. The monoisotopic (exact) mass is 128 g/mol. The Hall–Kier alpha value is -0.110. The zero-order chi connectivity index (χ0) is 6.04. The van der Waals surface area contributed by atoms with Crippen LogP contribution in [-0.4, -0.2) is 11.3 Å². The Labute approximate surface area is 54.5 Å². The predicted molar refractivity (Wildman–Crippen MR) is 37.8 cm³/mol. The molecule has 0 spiro atoms. The van der Waals surface area contributed by atoms with E-state index in [4.69, 9.17) is 0 Å². The third-order valence-electron chi connectivity index (χ3n) is 1.02. The number of hydrogen-bond donors (Lipinski definition) is 0. The van der Waals surface area contributed by atoms with Crippen LogP contribution in [0.1, 0.15) is 13.8 Å². The van der Waals surface area contributed by atoms with E-state index in [0.717, 1.165) is 5.75 Å². The van der Waals surface area contributed by atoms with Gasteiger partial charge in [-0.15, -0.1) is 11.8 Å². The van der Waals surface area contributed by atoms with Crippen molar-refractivity contribution in [2.75, 3.05) is 5.75 Å². The SMILES string of the molecule is CC1(C)CSC=C[N]1. The molecule has 0 saturated carbocycles. The second-order valence-corrected chi connectivity index (χ2v) is 3.43. The number of nitrogens with zero attached hydrogens (tertiary/aromatic N) is 1. The average Bonchev–Trinajstić information content (AvgIpc) is 1.65. The minimum absolute atomic E-state index is 0.180. The van der Waals surface area contributed by atoms with Crippen LogP contribution in [0.2, 0.25) is 0 Å². The summed E-state index contributed by atoms with van der Waals surface area (Å²) < 4.78 is 0. The lowest BCUT2D eigenvalue weighted by Crippen LogP contribution is -2.33. The summed E-state index contributed by atoms with van der Waals surface area (Å²) in [5.41, 5.74) is 0.180. The zero-order valence-electron chi connectivity index (χ0n) is 5.22. The second kappa shape index (κ2) is 2.02. The van der Waals surface area contributed by atoms with Gasteiger partial charge in [-0.25, -0.2) is 0 Å². The third-order valence-corrected chi connectivity index (χ3v) is 2.20. The van der Waals surface area contributed by atoms with Crippen LogP contribution >= 0.6 is 11.8 Å². The predicted octanol–water partition coefficient (Wildman–Crippen LogP) is 1.59. The fourth-order valence-electron chi connectivity index (χ4n) is 0.565. The molecule has 0 aromatic carbocycles. The molecule has 0 N–H and O–H groups in total. The van der Waals surface area contributed by atoms with E-state index in [1.807, 2.05) is 23.4 Å². The summed E-state index contributed by atoms with van der Waals surface area (Å²) in [5.74, 6) is 1.11. The molecule has 1 aliphatic rings. The Morgan fingerprint density at radius 2 is 2.38 bits per heavy atom. The van der Waals surface area contributed by atoms with Gasteiger partial charge < -0.3 is 0 Å². The van der Waals surface area contributed by atoms with Gasteiger partial charge in [0.1, 0.15) is 0 Å². The van der Waals surface area contributed by atoms with E-state index in [2.05, 4.69) is 19.2 Å². The molecule has 8 heavy (non-hydrogen) atoms. The van der Waals surface area contributed by atoms with Crippen LogP contribution in [0.25, 0.3) is 0 Å². The summed E-state index contributed by atoms with van der Waals surface area (Å²) in [4.78, 5) is 0. The molecule has 0 aliphatic carbocycles. The average molecular weight is 128 g/mol. The lowest BCUT2D eigenvalue weighted by Gasteiger charge is -2.23. The molecule has 0 aromatic heterocycles. The van der Waals surface area contributed by atoms with Crippen LogP contribution < -0.4 is 5.32 Å². The first-order valence-corrected chi connectivity index (χ1v) is 3.74. The highest BCUT2D eigenvalue weighted by Gasteiger charge is 2.18. The first-order valence-electron chi connectivity index (χ1n) is 2.69. The molecular weight excluding hydrogens is 118 g/mol. The van der Waals surface area contributed by atoms with Crippen molar-refractivity contribution in [2.24, 2.45) is 0 Å². The Balaban J connectivity index is 2.50. The topological polar surface area (TPSA) is 14.1 Å². The van der Waals surface area contributed by atoms with Crippen LogP contribution in [0.3, 0.4) is 0 Å². The zero-order valence-corrected chi connectivity index (χ0v) is 6.03. The highest BCUT2D eigenvalue weighted by molar-refractivity contribution is 8.02. The van der Waals surface area contributed by atoms with Gasteiger partial charge in [-0.1, -0.05) is 0 Å². The minimum atomic E-state index is 0.180. The molecule has 0 fully saturated rings. The smallest absolute Gasteiger partial charge is 0.0645 e. The van der Waals surface area contributed by atoms with Crippen molar-refractivity contribution in [3.63, 3.8) is 0 Å². The number of rotatable bonds is 0. The highest BCUT2D eigenvalue weighted by Crippen LogP contribution is 2.18. The van der Waals surface area contributed by atoms with Crippen LogP contribution in [-0.2, 0) is 0 Å². The molecule has 0 atom stereocenters. The summed E-state index contributed by atoms with van der Waals surface area (Å²) in [6, 6.07) is 0. The van der Waals surface area contributed by atoms with E-state index < -0.39 is 0 Å². The van der Waals surface area contributed by atoms with Crippen LogP contribution in [0.15, 0.2) is 11.6 Å². The quantitative estimate of drug-likeness (QED) is 0.483. The van der Waals surface area contributed by atoms with Gasteiger partial charge in [-0.2, -0.15) is 0 Å². The van der Waals surface area contributed by atoms with E-state index in [0.29, 0.717) is 0 Å². The Morgan fingerprint density at radius 3 is 2.62 bits per heavy atom. The Bertz CT molecular complexity index is 107. The fraction of sp³-hybridized carbons (Fsp3) is 0.667. The van der Waals surface area contributed by atoms with Crippen LogP contribution in [0.4, 0.5) is 0 Å². The van der Waals surface area contributed by atoms with E-state index in [1.165, 1.54) is 0 Å². The molecule has 0 bridgehead atoms. The van der Waals surface area contributed by atoms with E-state index in [9.17, 15) is 0 Å². The third kappa shape index (κ3) is 1.44. The van der Waals surface area contributed by atoms with Gasteiger partial charge in [0.2, 0.25) is 0 Å². The van der Waals surface area contributed by atoms with Gasteiger partial charge >= 0.3 is 0 Å². The summed E-state index contributed by atoms with van der Waals surface area (Å²) in [6.45, 7) is 4.28. The maximum absolute atomic E-state index is 4.26. The molecule has 2 heteroatoms. The molecule has 1 heterocycles. The Kier molecular flexibility index (Phi) is 1.52. The summed E-state index contributed by atoms with van der Waals surface area (Å²) in [7, 11) is 0. The van der Waals surface area contributed by atoms with Gasteiger partial charge in [-0.3, -0.25) is 5.32 Å². The van der Waals surface area contributed by atoms with Crippen LogP contribution in [0.5, 0.6) is 0 Å². The molecule has 45 valence electrons. The van der Waals surface area contributed by atoms with Crippen molar-refractivity contribution >= 4 is 11.8 Å². The lowest BCUT2D eigenvalue weighted by atomic mass is 10.1. The molecular formula is C6H10NS. The van der Waals surface area contributed by atoms with Crippen molar-refractivity contribution in [3.05, 3.63) is 11.6 Å². The maximum atomic E-state index is 4.26. The van der Waals surface area contributed by atoms with Gasteiger partial charge in [0.05, 0.1) is 5.54 Å². The Morgan fingerprint density at radius 1 is 1.62 bits per heavy atom. The largest absolute Gasteiger partial charge is 0.286 e. The van der Waals surface area contributed by atoms with E-state index in [1.54, 1.807) is 0 Å². The van der Waals surface area contributed by atoms with Gasteiger partial charge in [0.25, 0.3) is 0 Å². The van der Waals surface area contributed by atoms with E-state index in [-0.39, 0.29) is 5.54 Å². The number of hydrogen-bond acceptors (Lipinski definition) is 1. The van der Waals surface area contributed by atoms with Crippen LogP contribution in [0, 0.1) is 0 Å². The first kappa shape index (κ1) is 6.02. The molecule has 1 nitrogen and oxygen atoms in total. The van der Waals surface area contributed by atoms with E-state index >= 15 is 0 Å². The maximum Gasteiger partial charge on any atom is 0.0645 e. The van der Waals surface area contributed by atoms with Crippen molar-refractivity contribution < 1.29 is 0 Å². The normalized spacial score (nSPS) is 24.8. The van der Waals surface area contributed by atoms with Crippen molar-refractivity contribution in [1.82, 2.24) is 5.32 Å². The lowest BCUT2D eigenvalue weighted by molar-refractivity contribution is 0.488. The number of thioether (sulfide) groups is 1. The molecule has 0 unspecified atom stereocenters. The standard InChI is InChI=1S/C6H10NS/c1-6(2)5-8-4-3-7-6/h3-4H,5H2,1-2H3. The van der Waals surface area contributed by atoms with Gasteiger partial charge in [0.15, 0.2) is 0 Å². The molecule has 0 amide bonds. The second-order valence-electron chi connectivity index (χ2n) is 2.54. The van der Waals surface area contributed by atoms with Crippen molar-refractivity contribution in [1.29, 1.82) is 0 Å². The summed E-state index contributed by atoms with van der Waals surface area (Å²) in [6.07, 6.45) is 1.88. The molecule has 1 radical (unpaired) electrons. The molecule has 0 saturated heterocycles. The van der Waals surface area contributed by atoms with Crippen molar-refractivity contribution in [2.45, 2.75) is 19.4 Å². The van der Waals surface area contributed by atoms with Gasteiger partial charge in [0, 0.05) is 12.0 Å². The first-order chi connectivity index (χ1) is 3.71. The van der Waals surface area contributed by atoms with Crippen molar-refractivity contribution in [3.8, 4) is 0 Å². The molecule has 1 aliphatic heterocycles. The molecule has 1 rings (SSSR count). The summed E-state index contributed by atoms with van der Waals surface area (Å²) in [5, 5.41) is 6.29. The summed E-state index contributed by atoms with van der Waals surface area (Å²) >= 11 is 1.83. The minimum Gasteiger partial charge on any atom is -0.286 e.